The van der Waals surface area contributed by atoms with Crippen molar-refractivity contribution in [1.82, 2.24) is 10.6 Å². The normalized spacial score (nSPS) is 16.1. The first kappa shape index (κ1) is 14.3. The topological polar surface area (TPSA) is 41.1 Å². The molecule has 3 rings (SSSR count). The van der Waals surface area contributed by atoms with Gasteiger partial charge in [0.2, 0.25) is 0 Å². The molecule has 0 bridgehead atoms. The monoisotopic (exact) mass is 332 g/mol. The molecule has 21 heavy (non-hydrogen) atoms. The summed E-state index contributed by atoms with van der Waals surface area (Å²) in [6.45, 7) is 0. The van der Waals surface area contributed by atoms with Crippen LogP contribution < -0.4 is 10.6 Å². The number of carbonyl (C=O) groups is 1. The van der Waals surface area contributed by atoms with Crippen LogP contribution in [0, 0.1) is 0 Å². The predicted octanol–water partition coefficient (Wildman–Crippen LogP) is 3.48. The molecule has 0 radical (unpaired) electrons. The molecule has 106 valence electrons. The van der Waals surface area contributed by atoms with Gasteiger partial charge in [0.25, 0.3) is 5.91 Å². The summed E-state index contributed by atoms with van der Waals surface area (Å²) in [6.07, 6.45) is 3.88. The van der Waals surface area contributed by atoms with Gasteiger partial charge in [0.15, 0.2) is 5.11 Å². The molecule has 1 aliphatic rings. The van der Waals surface area contributed by atoms with E-state index in [1.54, 1.807) is 23.1 Å². The number of rotatable bonds is 3. The van der Waals surface area contributed by atoms with E-state index >= 15 is 0 Å². The number of hydrogen-bond donors (Lipinski definition) is 2. The molecule has 0 aliphatic carbocycles. The van der Waals surface area contributed by atoms with Crippen molar-refractivity contribution in [2.75, 3.05) is 6.26 Å². The van der Waals surface area contributed by atoms with E-state index in [2.05, 4.69) is 47.2 Å². The van der Waals surface area contributed by atoms with E-state index in [-0.39, 0.29) is 5.91 Å². The number of amides is 1. The standard InChI is InChI=1S/C15H12N2OS3/c1-20-10-4-2-9(3-5-10)13-7-6-11(21-13)8-12-14(18)17-15(19)16-12/h2-8H,1H3,(H2,16,17,18,19)/b12-8-. The lowest BCUT2D eigenvalue weighted by atomic mass is 10.2. The second-order valence-electron chi connectivity index (χ2n) is 4.40. The summed E-state index contributed by atoms with van der Waals surface area (Å²) in [5.74, 6) is -0.181. The van der Waals surface area contributed by atoms with E-state index in [4.69, 9.17) is 12.2 Å². The Morgan fingerprint density at radius 3 is 2.52 bits per heavy atom. The van der Waals surface area contributed by atoms with Crippen LogP contribution in [0.25, 0.3) is 16.5 Å². The Morgan fingerprint density at radius 2 is 1.90 bits per heavy atom. The second kappa shape index (κ2) is 6.01. The van der Waals surface area contributed by atoms with Gasteiger partial charge in [-0.3, -0.25) is 10.1 Å². The Labute approximate surface area is 136 Å². The minimum absolute atomic E-state index is 0.181. The predicted molar refractivity (Wildman–Crippen MR) is 93.4 cm³/mol. The molecule has 1 fully saturated rings. The van der Waals surface area contributed by atoms with Gasteiger partial charge in [0.05, 0.1) is 0 Å². The number of carbonyl (C=O) groups excluding carboxylic acids is 1. The Hall–Kier alpha value is -1.63. The third-order valence-electron chi connectivity index (χ3n) is 3.01. The number of nitrogens with one attached hydrogen (secondary N) is 2. The van der Waals surface area contributed by atoms with Gasteiger partial charge >= 0.3 is 0 Å². The van der Waals surface area contributed by atoms with Gasteiger partial charge in [0, 0.05) is 14.6 Å². The van der Waals surface area contributed by atoms with Gasteiger partial charge in [-0.1, -0.05) is 12.1 Å². The summed E-state index contributed by atoms with van der Waals surface area (Å²) >= 11 is 8.28. The first-order valence-electron chi connectivity index (χ1n) is 6.24. The average Bonchev–Trinajstić information content (AvgIpc) is 3.07. The van der Waals surface area contributed by atoms with Crippen molar-refractivity contribution in [3.63, 3.8) is 0 Å². The molecule has 0 unspecified atom stereocenters. The van der Waals surface area contributed by atoms with Gasteiger partial charge in [-0.15, -0.1) is 23.1 Å². The van der Waals surface area contributed by atoms with E-state index in [9.17, 15) is 4.79 Å². The Morgan fingerprint density at radius 1 is 1.14 bits per heavy atom. The first-order valence-corrected chi connectivity index (χ1v) is 8.69. The SMILES string of the molecule is CSc1ccc(-c2ccc(/C=C3\NC(=S)NC3=O)s2)cc1. The zero-order valence-corrected chi connectivity index (χ0v) is 13.6. The van der Waals surface area contributed by atoms with E-state index in [0.29, 0.717) is 10.8 Å². The number of benzene rings is 1. The van der Waals surface area contributed by atoms with Crippen molar-refractivity contribution in [2.24, 2.45) is 0 Å². The molecule has 1 amide bonds. The van der Waals surface area contributed by atoms with Crippen LogP contribution in [0.3, 0.4) is 0 Å². The van der Waals surface area contributed by atoms with Gasteiger partial charge in [-0.05, 0) is 54.4 Å². The van der Waals surface area contributed by atoms with Crippen molar-refractivity contribution in [1.29, 1.82) is 0 Å². The Kier molecular flexibility index (Phi) is 4.10. The molecule has 0 saturated carbocycles. The van der Waals surface area contributed by atoms with Gasteiger partial charge < -0.3 is 5.32 Å². The molecule has 2 heterocycles. The lowest BCUT2D eigenvalue weighted by Gasteiger charge is -1.99. The van der Waals surface area contributed by atoms with Crippen LogP contribution in [0.2, 0.25) is 0 Å². The molecule has 1 aliphatic heterocycles. The maximum atomic E-state index is 11.6. The molecule has 3 nitrogen and oxygen atoms in total. The number of hydrogen-bond acceptors (Lipinski definition) is 4. The summed E-state index contributed by atoms with van der Waals surface area (Å²) < 4.78 is 0. The molecule has 0 spiro atoms. The summed E-state index contributed by atoms with van der Waals surface area (Å²) in [7, 11) is 0. The number of thiophene rings is 1. The van der Waals surface area contributed by atoms with E-state index in [0.717, 1.165) is 4.88 Å². The Bertz CT molecular complexity index is 732. The maximum absolute atomic E-state index is 11.6. The highest BCUT2D eigenvalue weighted by atomic mass is 32.2. The minimum Gasteiger partial charge on any atom is -0.328 e. The fourth-order valence-electron chi connectivity index (χ4n) is 1.97. The lowest BCUT2D eigenvalue weighted by Crippen LogP contribution is -2.21. The number of thiocarbonyl (C=S) groups is 1. The van der Waals surface area contributed by atoms with Crippen LogP contribution in [0.1, 0.15) is 4.88 Å². The van der Waals surface area contributed by atoms with Crippen molar-refractivity contribution in [3.8, 4) is 10.4 Å². The molecule has 1 aromatic carbocycles. The largest absolute Gasteiger partial charge is 0.328 e. The highest BCUT2D eigenvalue weighted by molar-refractivity contribution is 7.98. The summed E-state index contributed by atoms with van der Waals surface area (Å²) in [6, 6.07) is 12.5. The maximum Gasteiger partial charge on any atom is 0.273 e. The Balaban J connectivity index is 1.84. The van der Waals surface area contributed by atoms with Gasteiger partial charge in [0.1, 0.15) is 5.70 Å². The van der Waals surface area contributed by atoms with Crippen molar-refractivity contribution in [3.05, 3.63) is 47.0 Å². The summed E-state index contributed by atoms with van der Waals surface area (Å²) in [5, 5.41) is 5.76. The summed E-state index contributed by atoms with van der Waals surface area (Å²) in [5.41, 5.74) is 1.67. The van der Waals surface area contributed by atoms with Crippen LogP contribution in [0.5, 0.6) is 0 Å². The average molecular weight is 332 g/mol. The molecular formula is C15H12N2OS3. The highest BCUT2D eigenvalue weighted by Gasteiger charge is 2.20. The van der Waals surface area contributed by atoms with Crippen molar-refractivity contribution >= 4 is 52.4 Å². The van der Waals surface area contributed by atoms with E-state index < -0.39 is 0 Å². The molecule has 2 N–H and O–H groups in total. The molecule has 2 aromatic rings. The van der Waals surface area contributed by atoms with Crippen molar-refractivity contribution < 1.29 is 4.79 Å². The van der Waals surface area contributed by atoms with Crippen LogP contribution in [-0.2, 0) is 4.79 Å². The zero-order valence-electron chi connectivity index (χ0n) is 11.2. The zero-order chi connectivity index (χ0) is 14.8. The summed E-state index contributed by atoms with van der Waals surface area (Å²) in [4.78, 5) is 15.0. The van der Waals surface area contributed by atoms with Crippen LogP contribution in [0.15, 0.2) is 47.0 Å². The molecule has 6 heteroatoms. The van der Waals surface area contributed by atoms with Gasteiger partial charge in [-0.2, -0.15) is 0 Å². The van der Waals surface area contributed by atoms with Crippen LogP contribution in [-0.4, -0.2) is 17.3 Å². The third-order valence-corrected chi connectivity index (χ3v) is 5.04. The molecular weight excluding hydrogens is 320 g/mol. The quantitative estimate of drug-likeness (QED) is 0.513. The smallest absolute Gasteiger partial charge is 0.273 e. The second-order valence-corrected chi connectivity index (χ2v) is 6.80. The van der Waals surface area contributed by atoms with Crippen LogP contribution in [0.4, 0.5) is 0 Å². The fraction of sp³-hybridized carbons (Fsp3) is 0.0667. The minimum atomic E-state index is -0.181. The third kappa shape index (κ3) is 3.18. The fourth-order valence-corrected chi connectivity index (χ4v) is 3.53. The molecule has 1 saturated heterocycles. The number of thioether (sulfide) groups is 1. The van der Waals surface area contributed by atoms with E-state index in [1.165, 1.54) is 15.3 Å². The van der Waals surface area contributed by atoms with Crippen LogP contribution >= 0.6 is 35.3 Å². The van der Waals surface area contributed by atoms with Crippen molar-refractivity contribution in [2.45, 2.75) is 4.90 Å². The van der Waals surface area contributed by atoms with E-state index in [1.807, 2.05) is 12.1 Å². The molecule has 0 atom stereocenters. The molecule has 1 aromatic heterocycles. The highest BCUT2D eigenvalue weighted by Crippen LogP contribution is 2.30. The lowest BCUT2D eigenvalue weighted by molar-refractivity contribution is -0.115. The van der Waals surface area contributed by atoms with Gasteiger partial charge in [-0.25, -0.2) is 0 Å². The first-order chi connectivity index (χ1) is 10.2.